The summed E-state index contributed by atoms with van der Waals surface area (Å²) in [7, 11) is 0. The van der Waals surface area contributed by atoms with E-state index in [1.165, 1.54) is 0 Å². The minimum Gasteiger partial charge on any atom is -0.483 e. The molecule has 0 spiro atoms. The fraction of sp³-hybridized carbons (Fsp3) is 0.889. The SMILES string of the molecule is CC1(C)CC(CC(=O)N2CCCC(O)CC2)CC(C)(C)N1.O=CO. The number of nitrogens with one attached hydrogen (secondary N) is 1. The van der Waals surface area contributed by atoms with Crippen LogP contribution in [0.2, 0.25) is 0 Å². The molecule has 3 N–H and O–H groups in total. The molecule has 0 saturated carbocycles. The van der Waals surface area contributed by atoms with Crippen molar-refractivity contribution in [3.8, 4) is 0 Å². The van der Waals surface area contributed by atoms with Crippen LogP contribution in [0.1, 0.15) is 66.2 Å². The van der Waals surface area contributed by atoms with Gasteiger partial charge in [0, 0.05) is 30.6 Å². The number of amides is 1. The molecule has 24 heavy (non-hydrogen) atoms. The number of rotatable bonds is 2. The summed E-state index contributed by atoms with van der Waals surface area (Å²) in [6, 6.07) is 0. The van der Waals surface area contributed by atoms with Crippen LogP contribution in [0.5, 0.6) is 0 Å². The lowest BCUT2D eigenvalue weighted by Crippen LogP contribution is -2.58. The lowest BCUT2D eigenvalue weighted by atomic mass is 9.74. The molecule has 6 nitrogen and oxygen atoms in total. The average molecular weight is 342 g/mol. The highest BCUT2D eigenvalue weighted by molar-refractivity contribution is 5.76. The predicted molar refractivity (Wildman–Crippen MR) is 93.8 cm³/mol. The Morgan fingerprint density at radius 2 is 1.71 bits per heavy atom. The molecule has 2 aliphatic rings. The Hall–Kier alpha value is -1.14. The lowest BCUT2D eigenvalue weighted by Gasteiger charge is -2.46. The molecular formula is C18H34N2O4. The molecule has 1 unspecified atom stereocenters. The quantitative estimate of drug-likeness (QED) is 0.668. The summed E-state index contributed by atoms with van der Waals surface area (Å²) in [5.74, 6) is 0.736. The largest absolute Gasteiger partial charge is 0.483 e. The molecule has 140 valence electrons. The van der Waals surface area contributed by atoms with Gasteiger partial charge in [-0.2, -0.15) is 0 Å². The Bertz CT molecular complexity index is 407. The van der Waals surface area contributed by atoms with E-state index >= 15 is 0 Å². The van der Waals surface area contributed by atoms with E-state index in [-0.39, 0.29) is 29.6 Å². The second-order valence-electron chi connectivity index (χ2n) is 8.44. The Kier molecular flexibility index (Phi) is 7.67. The number of carbonyl (C=O) groups is 2. The Morgan fingerprint density at radius 3 is 2.25 bits per heavy atom. The minimum absolute atomic E-state index is 0.0989. The van der Waals surface area contributed by atoms with E-state index in [1.807, 2.05) is 4.90 Å². The standard InChI is InChI=1S/C17H32N2O2.CH2O2/c1-16(2)11-13(12-17(3,4)18-16)10-15(21)19-8-5-6-14(20)7-9-19;2-1-3/h13-14,18,20H,5-12H2,1-4H3;1H,(H,2,3). The van der Waals surface area contributed by atoms with Gasteiger partial charge in [0.05, 0.1) is 6.10 Å². The van der Waals surface area contributed by atoms with Crippen molar-refractivity contribution in [1.82, 2.24) is 10.2 Å². The van der Waals surface area contributed by atoms with Crippen molar-refractivity contribution in [3.05, 3.63) is 0 Å². The highest BCUT2D eigenvalue weighted by Gasteiger charge is 2.38. The third-order valence-corrected chi connectivity index (χ3v) is 4.79. The Balaban J connectivity index is 0.000000891. The smallest absolute Gasteiger partial charge is 0.290 e. The summed E-state index contributed by atoms with van der Waals surface area (Å²) in [4.78, 5) is 22.9. The zero-order valence-electron chi connectivity index (χ0n) is 15.5. The van der Waals surface area contributed by atoms with Crippen molar-refractivity contribution in [3.63, 3.8) is 0 Å². The van der Waals surface area contributed by atoms with Gasteiger partial charge >= 0.3 is 0 Å². The van der Waals surface area contributed by atoms with Gasteiger partial charge in [0.1, 0.15) is 0 Å². The fourth-order valence-corrected chi connectivity index (χ4v) is 4.38. The molecule has 0 aromatic carbocycles. The number of carboxylic acid groups (broad SMARTS) is 1. The average Bonchev–Trinajstić information content (AvgIpc) is 2.60. The van der Waals surface area contributed by atoms with Crippen LogP contribution >= 0.6 is 0 Å². The first kappa shape index (κ1) is 20.9. The van der Waals surface area contributed by atoms with Crippen molar-refractivity contribution in [2.45, 2.75) is 83.4 Å². The summed E-state index contributed by atoms with van der Waals surface area (Å²) < 4.78 is 0. The van der Waals surface area contributed by atoms with E-state index in [2.05, 4.69) is 33.0 Å². The zero-order chi connectivity index (χ0) is 18.4. The molecule has 2 aliphatic heterocycles. The number of likely N-dealkylation sites (tertiary alicyclic amines) is 1. The maximum absolute atomic E-state index is 12.6. The number of nitrogens with zero attached hydrogens (tertiary/aromatic N) is 1. The van der Waals surface area contributed by atoms with Crippen molar-refractivity contribution < 1.29 is 19.8 Å². The van der Waals surface area contributed by atoms with Gasteiger partial charge in [-0.1, -0.05) is 0 Å². The van der Waals surface area contributed by atoms with Crippen molar-refractivity contribution in [2.75, 3.05) is 13.1 Å². The molecule has 0 aromatic rings. The number of piperidine rings is 1. The molecule has 0 aliphatic carbocycles. The topological polar surface area (TPSA) is 89.9 Å². The van der Waals surface area contributed by atoms with Gasteiger partial charge in [-0.3, -0.25) is 9.59 Å². The van der Waals surface area contributed by atoms with E-state index in [1.54, 1.807) is 0 Å². The number of hydrogen-bond donors (Lipinski definition) is 3. The van der Waals surface area contributed by atoms with Gasteiger partial charge in [-0.05, 0) is 65.7 Å². The lowest BCUT2D eigenvalue weighted by molar-refractivity contribution is -0.132. The maximum Gasteiger partial charge on any atom is 0.290 e. The first-order chi connectivity index (χ1) is 11.1. The molecule has 1 amide bonds. The van der Waals surface area contributed by atoms with Crippen LogP contribution in [0.3, 0.4) is 0 Å². The molecule has 2 heterocycles. The van der Waals surface area contributed by atoms with Crippen molar-refractivity contribution >= 4 is 12.4 Å². The summed E-state index contributed by atoms with van der Waals surface area (Å²) in [5.41, 5.74) is 0.198. The molecule has 2 saturated heterocycles. The maximum atomic E-state index is 12.6. The van der Waals surface area contributed by atoms with E-state index in [0.717, 1.165) is 45.2 Å². The highest BCUT2D eigenvalue weighted by Crippen LogP contribution is 2.35. The van der Waals surface area contributed by atoms with E-state index in [0.29, 0.717) is 12.3 Å². The van der Waals surface area contributed by atoms with Crippen LogP contribution in [0.4, 0.5) is 0 Å². The molecule has 2 rings (SSSR count). The summed E-state index contributed by atoms with van der Waals surface area (Å²) in [6.07, 6.45) is 5.03. The number of carbonyl (C=O) groups excluding carboxylic acids is 1. The van der Waals surface area contributed by atoms with Gasteiger partial charge in [-0.25, -0.2) is 0 Å². The fourth-order valence-electron chi connectivity index (χ4n) is 4.38. The normalized spacial score (nSPS) is 26.7. The van der Waals surface area contributed by atoms with Crippen molar-refractivity contribution in [2.24, 2.45) is 5.92 Å². The second-order valence-corrected chi connectivity index (χ2v) is 8.44. The van der Waals surface area contributed by atoms with Crippen LogP contribution in [-0.4, -0.2) is 57.8 Å². The summed E-state index contributed by atoms with van der Waals surface area (Å²) in [6.45, 7) is 10.2. The molecule has 2 fully saturated rings. The van der Waals surface area contributed by atoms with Gasteiger partial charge < -0.3 is 20.4 Å². The molecule has 0 radical (unpaired) electrons. The summed E-state index contributed by atoms with van der Waals surface area (Å²) >= 11 is 0. The number of aliphatic hydroxyl groups excluding tert-OH is 1. The minimum atomic E-state index is -0.250. The third kappa shape index (κ3) is 7.18. The van der Waals surface area contributed by atoms with Crippen LogP contribution < -0.4 is 5.32 Å². The van der Waals surface area contributed by atoms with Crippen LogP contribution in [0, 0.1) is 5.92 Å². The Morgan fingerprint density at radius 1 is 1.17 bits per heavy atom. The molecule has 0 aromatic heterocycles. The van der Waals surface area contributed by atoms with Crippen LogP contribution in [0.25, 0.3) is 0 Å². The zero-order valence-corrected chi connectivity index (χ0v) is 15.5. The number of aliphatic hydroxyl groups is 1. The highest BCUT2D eigenvalue weighted by atomic mass is 16.3. The van der Waals surface area contributed by atoms with E-state index in [4.69, 9.17) is 9.90 Å². The Labute approximate surface area is 145 Å². The van der Waals surface area contributed by atoms with Gasteiger partial charge in [0.25, 0.3) is 6.47 Å². The van der Waals surface area contributed by atoms with Crippen LogP contribution in [-0.2, 0) is 9.59 Å². The van der Waals surface area contributed by atoms with Crippen LogP contribution in [0.15, 0.2) is 0 Å². The second kappa shape index (κ2) is 8.81. The monoisotopic (exact) mass is 342 g/mol. The molecular weight excluding hydrogens is 308 g/mol. The first-order valence-electron chi connectivity index (χ1n) is 8.91. The third-order valence-electron chi connectivity index (χ3n) is 4.79. The van der Waals surface area contributed by atoms with E-state index < -0.39 is 0 Å². The molecule has 0 bridgehead atoms. The van der Waals surface area contributed by atoms with Crippen molar-refractivity contribution in [1.29, 1.82) is 0 Å². The predicted octanol–water partition coefficient (Wildman–Crippen LogP) is 2.01. The molecule has 1 atom stereocenters. The first-order valence-corrected chi connectivity index (χ1v) is 8.91. The van der Waals surface area contributed by atoms with Gasteiger partial charge in [-0.15, -0.1) is 0 Å². The number of hydrogen-bond acceptors (Lipinski definition) is 4. The molecule has 6 heteroatoms. The van der Waals surface area contributed by atoms with Gasteiger partial charge in [0.15, 0.2) is 0 Å². The van der Waals surface area contributed by atoms with E-state index in [9.17, 15) is 9.90 Å². The summed E-state index contributed by atoms with van der Waals surface area (Å²) in [5, 5.41) is 20.3. The van der Waals surface area contributed by atoms with Gasteiger partial charge in [0.2, 0.25) is 5.91 Å².